The monoisotopic (exact) mass is 237 g/mol. The molecule has 18 heavy (non-hydrogen) atoms. The predicted octanol–water partition coefficient (Wildman–Crippen LogP) is 3.84. The third kappa shape index (κ3) is 2.46. The SMILES string of the molecule is Cc1ccccc1[C@H](NC1CC1)c1ccccc1. The topological polar surface area (TPSA) is 12.0 Å². The van der Waals surface area contributed by atoms with E-state index in [4.69, 9.17) is 0 Å². The lowest BCUT2D eigenvalue weighted by atomic mass is 9.95. The molecule has 0 bridgehead atoms. The third-order valence-electron chi connectivity index (χ3n) is 3.61. The van der Waals surface area contributed by atoms with Gasteiger partial charge in [0.1, 0.15) is 0 Å². The van der Waals surface area contributed by atoms with Gasteiger partial charge in [0.05, 0.1) is 6.04 Å². The molecule has 0 aromatic heterocycles. The largest absolute Gasteiger partial charge is 0.303 e. The number of hydrogen-bond acceptors (Lipinski definition) is 1. The molecule has 1 aliphatic rings. The van der Waals surface area contributed by atoms with Gasteiger partial charge >= 0.3 is 0 Å². The zero-order valence-electron chi connectivity index (χ0n) is 10.8. The second-order valence-electron chi connectivity index (χ2n) is 5.14. The van der Waals surface area contributed by atoms with E-state index in [0.29, 0.717) is 12.1 Å². The fourth-order valence-electron chi connectivity index (χ4n) is 2.41. The maximum Gasteiger partial charge on any atom is 0.0581 e. The maximum atomic E-state index is 3.76. The summed E-state index contributed by atoms with van der Waals surface area (Å²) >= 11 is 0. The fraction of sp³-hybridized carbons (Fsp3) is 0.294. The van der Waals surface area contributed by atoms with Crippen molar-refractivity contribution < 1.29 is 0 Å². The lowest BCUT2D eigenvalue weighted by Gasteiger charge is -2.21. The minimum Gasteiger partial charge on any atom is -0.303 e. The highest BCUT2D eigenvalue weighted by molar-refractivity contribution is 5.37. The summed E-state index contributed by atoms with van der Waals surface area (Å²) in [4.78, 5) is 0. The van der Waals surface area contributed by atoms with Crippen LogP contribution in [0.1, 0.15) is 35.6 Å². The zero-order chi connectivity index (χ0) is 12.4. The summed E-state index contributed by atoms with van der Waals surface area (Å²) in [6, 6.07) is 20.5. The first-order valence-electron chi connectivity index (χ1n) is 6.71. The van der Waals surface area contributed by atoms with E-state index in [-0.39, 0.29) is 0 Å². The number of rotatable bonds is 4. The van der Waals surface area contributed by atoms with Gasteiger partial charge in [-0.15, -0.1) is 0 Å². The summed E-state index contributed by atoms with van der Waals surface area (Å²) in [7, 11) is 0. The Balaban J connectivity index is 1.97. The molecule has 0 radical (unpaired) electrons. The van der Waals surface area contributed by atoms with Crippen LogP contribution in [0.15, 0.2) is 54.6 Å². The van der Waals surface area contributed by atoms with Gasteiger partial charge < -0.3 is 5.32 Å². The summed E-state index contributed by atoms with van der Waals surface area (Å²) in [6.07, 6.45) is 2.63. The summed E-state index contributed by atoms with van der Waals surface area (Å²) < 4.78 is 0. The van der Waals surface area contributed by atoms with Gasteiger partial charge in [-0.05, 0) is 36.5 Å². The van der Waals surface area contributed by atoms with Crippen molar-refractivity contribution >= 4 is 0 Å². The number of nitrogens with one attached hydrogen (secondary N) is 1. The van der Waals surface area contributed by atoms with E-state index < -0.39 is 0 Å². The molecule has 1 nitrogen and oxygen atoms in total. The van der Waals surface area contributed by atoms with Crippen LogP contribution in [0.4, 0.5) is 0 Å². The van der Waals surface area contributed by atoms with Crippen molar-refractivity contribution in [2.24, 2.45) is 0 Å². The molecule has 1 fully saturated rings. The van der Waals surface area contributed by atoms with Gasteiger partial charge in [0.15, 0.2) is 0 Å². The van der Waals surface area contributed by atoms with Crippen molar-refractivity contribution in [3.63, 3.8) is 0 Å². The van der Waals surface area contributed by atoms with Gasteiger partial charge in [-0.1, -0.05) is 54.6 Å². The quantitative estimate of drug-likeness (QED) is 0.852. The zero-order valence-corrected chi connectivity index (χ0v) is 10.8. The minimum absolute atomic E-state index is 0.333. The molecule has 2 aromatic rings. The molecular weight excluding hydrogens is 218 g/mol. The third-order valence-corrected chi connectivity index (χ3v) is 3.61. The number of benzene rings is 2. The lowest BCUT2D eigenvalue weighted by molar-refractivity contribution is 0.598. The van der Waals surface area contributed by atoms with Crippen molar-refractivity contribution in [3.8, 4) is 0 Å². The van der Waals surface area contributed by atoms with Crippen LogP contribution in [-0.2, 0) is 0 Å². The van der Waals surface area contributed by atoms with E-state index >= 15 is 0 Å². The standard InChI is InChI=1S/C17H19N/c1-13-7-5-6-10-16(13)17(18-15-11-12-15)14-8-3-2-4-9-14/h2-10,15,17-18H,11-12H2,1H3/t17-/m1/s1. The van der Waals surface area contributed by atoms with Crippen LogP contribution in [0.3, 0.4) is 0 Å². The second-order valence-corrected chi connectivity index (χ2v) is 5.14. The van der Waals surface area contributed by atoms with Crippen molar-refractivity contribution in [1.29, 1.82) is 0 Å². The molecule has 3 rings (SSSR count). The molecule has 2 aromatic carbocycles. The minimum atomic E-state index is 0.333. The Morgan fingerprint density at radius 1 is 0.944 bits per heavy atom. The molecule has 1 saturated carbocycles. The van der Waals surface area contributed by atoms with E-state index in [9.17, 15) is 0 Å². The Labute approximate surface area is 109 Å². The molecular formula is C17H19N. The second kappa shape index (κ2) is 4.95. The Morgan fingerprint density at radius 2 is 1.61 bits per heavy atom. The Morgan fingerprint density at radius 3 is 2.28 bits per heavy atom. The van der Waals surface area contributed by atoms with Gasteiger partial charge in [-0.2, -0.15) is 0 Å². The molecule has 0 spiro atoms. The molecule has 1 aliphatic carbocycles. The maximum absolute atomic E-state index is 3.76. The fourth-order valence-corrected chi connectivity index (χ4v) is 2.41. The van der Waals surface area contributed by atoms with Gasteiger partial charge in [-0.25, -0.2) is 0 Å². The Kier molecular flexibility index (Phi) is 3.16. The molecule has 0 saturated heterocycles. The first-order valence-corrected chi connectivity index (χ1v) is 6.71. The average Bonchev–Trinajstić information content (AvgIpc) is 3.22. The summed E-state index contributed by atoms with van der Waals surface area (Å²) in [5.41, 5.74) is 4.12. The molecule has 1 atom stereocenters. The van der Waals surface area contributed by atoms with E-state index in [2.05, 4.69) is 66.8 Å². The van der Waals surface area contributed by atoms with E-state index in [1.54, 1.807) is 0 Å². The van der Waals surface area contributed by atoms with Gasteiger partial charge in [-0.3, -0.25) is 0 Å². The summed E-state index contributed by atoms with van der Waals surface area (Å²) in [5.74, 6) is 0. The van der Waals surface area contributed by atoms with Crippen LogP contribution < -0.4 is 5.32 Å². The van der Waals surface area contributed by atoms with Gasteiger partial charge in [0.25, 0.3) is 0 Å². The molecule has 0 aliphatic heterocycles. The first kappa shape index (κ1) is 11.5. The highest BCUT2D eigenvalue weighted by Gasteiger charge is 2.26. The number of aryl methyl sites for hydroxylation is 1. The van der Waals surface area contributed by atoms with E-state index in [1.165, 1.54) is 29.5 Å². The van der Waals surface area contributed by atoms with Crippen molar-refractivity contribution in [1.82, 2.24) is 5.32 Å². The van der Waals surface area contributed by atoms with Crippen LogP contribution in [0.2, 0.25) is 0 Å². The highest BCUT2D eigenvalue weighted by atomic mass is 15.0. The smallest absolute Gasteiger partial charge is 0.0581 e. The normalized spacial score (nSPS) is 16.5. The van der Waals surface area contributed by atoms with Gasteiger partial charge in [0, 0.05) is 6.04 Å². The van der Waals surface area contributed by atoms with Crippen LogP contribution in [0.5, 0.6) is 0 Å². The molecule has 92 valence electrons. The molecule has 0 amide bonds. The molecule has 1 N–H and O–H groups in total. The summed E-state index contributed by atoms with van der Waals surface area (Å²) in [6.45, 7) is 2.19. The lowest BCUT2D eigenvalue weighted by Crippen LogP contribution is -2.25. The van der Waals surface area contributed by atoms with Crippen molar-refractivity contribution in [2.45, 2.75) is 31.8 Å². The Hall–Kier alpha value is -1.60. The van der Waals surface area contributed by atoms with E-state index in [0.717, 1.165) is 0 Å². The van der Waals surface area contributed by atoms with Crippen LogP contribution >= 0.6 is 0 Å². The highest BCUT2D eigenvalue weighted by Crippen LogP contribution is 2.30. The van der Waals surface area contributed by atoms with Crippen molar-refractivity contribution in [2.75, 3.05) is 0 Å². The van der Waals surface area contributed by atoms with Crippen LogP contribution in [0, 0.1) is 6.92 Å². The molecule has 0 heterocycles. The predicted molar refractivity (Wildman–Crippen MR) is 75.6 cm³/mol. The first-order chi connectivity index (χ1) is 8.84. The molecule has 0 unspecified atom stereocenters. The number of hydrogen-bond donors (Lipinski definition) is 1. The van der Waals surface area contributed by atoms with E-state index in [1.807, 2.05) is 0 Å². The average molecular weight is 237 g/mol. The molecule has 1 heteroatoms. The van der Waals surface area contributed by atoms with Crippen LogP contribution in [0.25, 0.3) is 0 Å². The van der Waals surface area contributed by atoms with Crippen molar-refractivity contribution in [3.05, 3.63) is 71.3 Å². The Bertz CT molecular complexity index is 514. The van der Waals surface area contributed by atoms with Crippen LogP contribution in [-0.4, -0.2) is 6.04 Å². The van der Waals surface area contributed by atoms with Gasteiger partial charge in [0.2, 0.25) is 0 Å². The summed E-state index contributed by atoms with van der Waals surface area (Å²) in [5, 5.41) is 3.76.